The van der Waals surface area contributed by atoms with Crippen LogP contribution in [0.5, 0.6) is 5.75 Å². The topological polar surface area (TPSA) is 107 Å². The largest absolute Gasteiger partial charge is 0.506 e. The zero-order chi connectivity index (χ0) is 24.1. The van der Waals surface area contributed by atoms with Gasteiger partial charge in [-0.25, -0.2) is 4.99 Å². The van der Waals surface area contributed by atoms with Crippen molar-refractivity contribution in [2.75, 3.05) is 5.73 Å². The fourth-order valence-corrected chi connectivity index (χ4v) is 4.01. The van der Waals surface area contributed by atoms with Gasteiger partial charge in [-0.15, -0.1) is 9.24 Å². The quantitative estimate of drug-likeness (QED) is 0.213. The lowest BCUT2D eigenvalue weighted by Gasteiger charge is -2.20. The number of nitrogens with two attached hydrogens (primary N) is 2. The third-order valence-corrected chi connectivity index (χ3v) is 5.88. The lowest BCUT2D eigenvalue weighted by atomic mass is 9.92. The first-order chi connectivity index (χ1) is 15.1. The monoisotopic (exact) mass is 472 g/mol. The Kier molecular flexibility index (Phi) is 8.65. The highest BCUT2D eigenvalue weighted by Crippen LogP contribution is 2.32. The van der Waals surface area contributed by atoms with Crippen LogP contribution in [0, 0.1) is 5.41 Å². The van der Waals surface area contributed by atoms with Gasteiger partial charge in [0.2, 0.25) is 0 Å². The highest BCUT2D eigenvalue weighted by Gasteiger charge is 2.21. The van der Waals surface area contributed by atoms with Crippen LogP contribution < -0.4 is 22.3 Å². The van der Waals surface area contributed by atoms with Gasteiger partial charge in [0.05, 0.1) is 5.69 Å². The summed E-state index contributed by atoms with van der Waals surface area (Å²) in [7, 11) is 2.55. The fourth-order valence-electron chi connectivity index (χ4n) is 3.00. The number of anilines is 1. The minimum atomic E-state index is -0.363. The molecule has 172 valence electrons. The van der Waals surface area contributed by atoms with E-state index >= 15 is 0 Å². The Labute approximate surface area is 196 Å². The van der Waals surface area contributed by atoms with E-state index in [1.54, 1.807) is 29.0 Å². The molecule has 6 nitrogen and oxygen atoms in total. The van der Waals surface area contributed by atoms with E-state index in [1.165, 1.54) is 11.3 Å². The van der Waals surface area contributed by atoms with Crippen molar-refractivity contribution in [3.63, 3.8) is 0 Å². The number of aromatic hydroxyl groups is 1. The molecule has 2 aromatic heterocycles. The molecule has 1 atom stereocenters. The van der Waals surface area contributed by atoms with Gasteiger partial charge in [-0.1, -0.05) is 34.6 Å². The first kappa shape index (κ1) is 25.6. The Morgan fingerprint density at radius 1 is 1.25 bits per heavy atom. The molecule has 2 heterocycles. The molecule has 1 aromatic carbocycles. The molecule has 0 fully saturated rings. The van der Waals surface area contributed by atoms with E-state index in [0.29, 0.717) is 23.5 Å². The first-order valence-electron chi connectivity index (χ1n) is 10.6. The van der Waals surface area contributed by atoms with Crippen molar-refractivity contribution in [1.82, 2.24) is 4.57 Å². The van der Waals surface area contributed by atoms with Gasteiger partial charge < -0.3 is 21.1 Å². The van der Waals surface area contributed by atoms with Gasteiger partial charge in [0, 0.05) is 24.0 Å². The van der Waals surface area contributed by atoms with Crippen molar-refractivity contribution >= 4 is 43.1 Å². The number of nitrogen functional groups attached to an aromatic ring is 1. The van der Waals surface area contributed by atoms with Crippen molar-refractivity contribution < 1.29 is 5.11 Å². The molecule has 32 heavy (non-hydrogen) atoms. The Bertz CT molecular complexity index is 1150. The van der Waals surface area contributed by atoms with E-state index in [-0.39, 0.29) is 28.1 Å². The van der Waals surface area contributed by atoms with Gasteiger partial charge in [0.25, 0.3) is 5.56 Å². The maximum absolute atomic E-state index is 13.2. The Hall–Kier alpha value is -2.63. The summed E-state index contributed by atoms with van der Waals surface area (Å²) >= 11 is 1.52. The lowest BCUT2D eigenvalue weighted by Crippen LogP contribution is -2.31. The molecule has 0 aliphatic rings. The number of hydrogen-bond donors (Lipinski definition) is 3. The first-order valence-corrected chi connectivity index (χ1v) is 12.1. The number of benzene rings is 1. The van der Waals surface area contributed by atoms with Gasteiger partial charge in [-0.2, -0.15) is 11.3 Å². The smallest absolute Gasteiger partial charge is 0.265 e. The molecule has 8 heteroatoms. The maximum atomic E-state index is 13.2. The van der Waals surface area contributed by atoms with Crippen molar-refractivity contribution in [3.05, 3.63) is 57.1 Å². The molecule has 0 saturated carbocycles. The average molecular weight is 473 g/mol. The number of nitrogens with zero attached hydrogens (tertiary/aromatic N) is 2. The van der Waals surface area contributed by atoms with Crippen LogP contribution in [0.2, 0.25) is 0 Å². The van der Waals surface area contributed by atoms with Crippen LogP contribution >= 0.6 is 20.6 Å². The molecular weight excluding hydrogens is 439 g/mol. The zero-order valence-electron chi connectivity index (χ0n) is 19.3. The summed E-state index contributed by atoms with van der Waals surface area (Å²) in [4.78, 5) is 17.6. The number of hydrogen-bond acceptors (Lipinski definition) is 5. The lowest BCUT2D eigenvalue weighted by molar-refractivity contribution is 0.347. The number of amidine groups is 1. The summed E-state index contributed by atoms with van der Waals surface area (Å²) in [5, 5.41) is 15.6. The number of aliphatic imine (C=N–C) groups is 1. The van der Waals surface area contributed by atoms with Crippen molar-refractivity contribution in [1.29, 1.82) is 0 Å². The molecule has 1 unspecified atom stereocenters. The van der Waals surface area contributed by atoms with Crippen molar-refractivity contribution in [3.8, 4) is 16.9 Å². The van der Waals surface area contributed by atoms with Crippen LogP contribution in [-0.4, -0.2) is 15.5 Å². The predicted octanol–water partition coefficient (Wildman–Crippen LogP) is 4.86. The molecule has 0 saturated heterocycles. The normalized spacial score (nSPS) is 11.8. The number of thiophene rings is 1. The molecule has 0 amide bonds. The van der Waals surface area contributed by atoms with Crippen LogP contribution in [0.15, 0.2) is 51.0 Å². The third kappa shape index (κ3) is 6.21. The van der Waals surface area contributed by atoms with Crippen LogP contribution in [0.25, 0.3) is 11.1 Å². The molecule has 0 radical (unpaired) electrons. The molecule has 0 bridgehead atoms. The number of pyridine rings is 1. The van der Waals surface area contributed by atoms with Gasteiger partial charge >= 0.3 is 0 Å². The van der Waals surface area contributed by atoms with Gasteiger partial charge in [-0.3, -0.25) is 4.79 Å². The standard InChI is InChI=1S/C22H27N4O2PS.C2H6/c1-22(2,3)7-8-26-11-15(13-6-9-30-12-13)19(27)18(21(26)28)20(24)25-16-5-4-14(23)10-17(16)29;1-2/h4-6,9-12,27H,7-8,23,29H2,1-3H3,(H2,24,25);1-2H3. The van der Waals surface area contributed by atoms with Crippen LogP contribution in [-0.2, 0) is 6.54 Å². The Morgan fingerprint density at radius 3 is 2.50 bits per heavy atom. The number of aryl methyl sites for hydroxylation is 1. The zero-order valence-corrected chi connectivity index (χ0v) is 21.3. The SMILES string of the molecule is CC.CC(C)(C)CCn1cc(-c2ccsc2)c(O)c(C(N)=Nc2ccc(N)cc2P)c1=O. The minimum Gasteiger partial charge on any atom is -0.506 e. The molecule has 0 aliphatic carbocycles. The van der Waals surface area contributed by atoms with E-state index in [4.69, 9.17) is 11.5 Å². The second-order valence-corrected chi connectivity index (χ2v) is 9.80. The molecule has 5 N–H and O–H groups in total. The van der Waals surface area contributed by atoms with E-state index in [2.05, 4.69) is 35.0 Å². The Morgan fingerprint density at radius 2 is 1.94 bits per heavy atom. The summed E-state index contributed by atoms with van der Waals surface area (Å²) in [6.07, 6.45) is 2.50. The van der Waals surface area contributed by atoms with E-state index in [0.717, 1.165) is 17.3 Å². The van der Waals surface area contributed by atoms with Crippen LogP contribution in [0.3, 0.4) is 0 Å². The summed E-state index contributed by atoms with van der Waals surface area (Å²) in [5.41, 5.74) is 14.3. The van der Waals surface area contributed by atoms with Gasteiger partial charge in [0.15, 0.2) is 0 Å². The summed E-state index contributed by atoms with van der Waals surface area (Å²) in [6.45, 7) is 10.9. The summed E-state index contributed by atoms with van der Waals surface area (Å²) in [5.74, 6) is -0.194. The maximum Gasteiger partial charge on any atom is 0.265 e. The second kappa shape index (κ2) is 10.8. The van der Waals surface area contributed by atoms with E-state index < -0.39 is 0 Å². The fraction of sp³-hybridized carbons (Fsp3) is 0.333. The van der Waals surface area contributed by atoms with Crippen LogP contribution in [0.4, 0.5) is 11.4 Å². The van der Waals surface area contributed by atoms with Crippen molar-refractivity contribution in [2.45, 2.75) is 47.6 Å². The number of rotatable bonds is 5. The summed E-state index contributed by atoms with van der Waals surface area (Å²) < 4.78 is 1.61. The Balaban J connectivity index is 0.00000176. The van der Waals surface area contributed by atoms with Crippen LogP contribution in [0.1, 0.15) is 46.6 Å². The molecule has 0 spiro atoms. The second-order valence-electron chi connectivity index (χ2n) is 8.40. The predicted molar refractivity (Wildman–Crippen MR) is 142 cm³/mol. The van der Waals surface area contributed by atoms with Crippen molar-refractivity contribution in [2.24, 2.45) is 16.1 Å². The summed E-state index contributed by atoms with van der Waals surface area (Å²) in [6, 6.07) is 7.08. The molecule has 3 aromatic rings. The average Bonchev–Trinajstić information content (AvgIpc) is 3.25. The molecular formula is C24H33N4O2PS. The highest BCUT2D eigenvalue weighted by molar-refractivity contribution is 7.28. The number of aromatic nitrogens is 1. The van der Waals surface area contributed by atoms with E-state index in [9.17, 15) is 9.90 Å². The minimum absolute atomic E-state index is 0.00818. The third-order valence-electron chi connectivity index (χ3n) is 4.74. The highest BCUT2D eigenvalue weighted by atomic mass is 32.1. The van der Waals surface area contributed by atoms with E-state index in [1.807, 2.05) is 30.7 Å². The molecule has 0 aliphatic heterocycles. The van der Waals surface area contributed by atoms with Gasteiger partial charge in [-0.05, 0) is 57.7 Å². The molecule has 3 rings (SSSR count). The van der Waals surface area contributed by atoms with Gasteiger partial charge in [0.1, 0.15) is 17.1 Å².